The van der Waals surface area contributed by atoms with E-state index in [0.29, 0.717) is 31.2 Å². The SMILES string of the molecule is CCOC(=O)c1cnc2cc(COCC(C)OC3CCCCO3)ccn12. The second kappa shape index (κ2) is 9.12. The highest BCUT2D eigenvalue weighted by atomic mass is 16.7. The molecule has 1 aliphatic heterocycles. The van der Waals surface area contributed by atoms with E-state index in [1.54, 1.807) is 11.3 Å². The largest absolute Gasteiger partial charge is 0.461 e. The van der Waals surface area contributed by atoms with Crippen molar-refractivity contribution in [2.75, 3.05) is 19.8 Å². The second-order valence-electron chi connectivity index (χ2n) is 6.39. The summed E-state index contributed by atoms with van der Waals surface area (Å²) in [5.74, 6) is -0.375. The van der Waals surface area contributed by atoms with Crippen molar-refractivity contribution in [3.05, 3.63) is 35.8 Å². The molecule has 1 saturated heterocycles. The minimum Gasteiger partial charge on any atom is -0.461 e. The molecular weight excluding hydrogens is 336 g/mol. The number of pyridine rings is 1. The Balaban J connectivity index is 1.50. The number of carbonyl (C=O) groups is 1. The summed E-state index contributed by atoms with van der Waals surface area (Å²) in [4.78, 5) is 16.2. The summed E-state index contributed by atoms with van der Waals surface area (Å²) in [6, 6.07) is 3.81. The number of hydrogen-bond acceptors (Lipinski definition) is 6. The van der Waals surface area contributed by atoms with E-state index >= 15 is 0 Å². The Labute approximate surface area is 153 Å². The number of aromatic nitrogens is 2. The number of hydrogen-bond donors (Lipinski definition) is 0. The van der Waals surface area contributed by atoms with Crippen LogP contribution in [0.2, 0.25) is 0 Å². The molecule has 7 nitrogen and oxygen atoms in total. The summed E-state index contributed by atoms with van der Waals surface area (Å²) < 4.78 is 23.9. The van der Waals surface area contributed by atoms with Gasteiger partial charge in [0.15, 0.2) is 12.0 Å². The van der Waals surface area contributed by atoms with Crippen LogP contribution in [-0.2, 0) is 25.6 Å². The maximum absolute atomic E-state index is 11.9. The molecule has 2 atom stereocenters. The van der Waals surface area contributed by atoms with Crippen molar-refractivity contribution >= 4 is 11.6 Å². The molecule has 26 heavy (non-hydrogen) atoms. The number of nitrogens with zero attached hydrogens (tertiary/aromatic N) is 2. The standard InChI is InChI=1S/C19H26N2O5/c1-3-24-19(22)16-11-20-17-10-15(7-8-21(16)17)13-23-12-14(2)26-18-6-4-5-9-25-18/h7-8,10-11,14,18H,3-6,9,12-13H2,1-2H3. The summed E-state index contributed by atoms with van der Waals surface area (Å²) in [7, 11) is 0. The predicted octanol–water partition coefficient (Wildman–Crippen LogP) is 2.96. The molecule has 0 radical (unpaired) electrons. The molecule has 0 saturated carbocycles. The van der Waals surface area contributed by atoms with Gasteiger partial charge in [-0.2, -0.15) is 0 Å². The molecule has 0 N–H and O–H groups in total. The Bertz CT molecular complexity index is 724. The Hall–Kier alpha value is -1.96. The van der Waals surface area contributed by atoms with Crippen molar-refractivity contribution in [3.63, 3.8) is 0 Å². The average molecular weight is 362 g/mol. The molecule has 0 spiro atoms. The van der Waals surface area contributed by atoms with Gasteiger partial charge in [0.25, 0.3) is 0 Å². The van der Waals surface area contributed by atoms with Gasteiger partial charge in [-0.3, -0.25) is 4.40 Å². The van der Waals surface area contributed by atoms with Crippen molar-refractivity contribution in [2.45, 2.75) is 52.1 Å². The number of ether oxygens (including phenoxy) is 4. The summed E-state index contributed by atoms with van der Waals surface area (Å²) >= 11 is 0. The van der Waals surface area contributed by atoms with Gasteiger partial charge >= 0.3 is 5.97 Å². The van der Waals surface area contributed by atoms with Gasteiger partial charge in [-0.05, 0) is 50.8 Å². The lowest BCUT2D eigenvalue weighted by Gasteiger charge is -2.25. The zero-order chi connectivity index (χ0) is 18.4. The van der Waals surface area contributed by atoms with E-state index in [0.717, 1.165) is 31.4 Å². The highest BCUT2D eigenvalue weighted by molar-refractivity contribution is 5.88. The molecule has 0 aliphatic carbocycles. The van der Waals surface area contributed by atoms with E-state index in [4.69, 9.17) is 18.9 Å². The number of fused-ring (bicyclic) bond motifs is 1. The van der Waals surface area contributed by atoms with E-state index < -0.39 is 0 Å². The second-order valence-corrected chi connectivity index (χ2v) is 6.39. The van der Waals surface area contributed by atoms with Crippen LogP contribution in [0.1, 0.15) is 49.2 Å². The van der Waals surface area contributed by atoms with E-state index in [9.17, 15) is 4.79 Å². The molecule has 1 aliphatic rings. The fourth-order valence-corrected chi connectivity index (χ4v) is 2.93. The van der Waals surface area contributed by atoms with Gasteiger partial charge in [-0.15, -0.1) is 0 Å². The molecule has 0 amide bonds. The van der Waals surface area contributed by atoms with Crippen molar-refractivity contribution < 1.29 is 23.7 Å². The van der Waals surface area contributed by atoms with Gasteiger partial charge in [-0.25, -0.2) is 9.78 Å². The highest BCUT2D eigenvalue weighted by Gasteiger charge is 2.17. The monoisotopic (exact) mass is 362 g/mol. The summed E-state index contributed by atoms with van der Waals surface area (Å²) in [5, 5.41) is 0. The van der Waals surface area contributed by atoms with Crippen molar-refractivity contribution in [2.24, 2.45) is 0 Å². The van der Waals surface area contributed by atoms with Crippen LogP contribution in [0, 0.1) is 0 Å². The molecule has 3 rings (SSSR count). The van der Waals surface area contributed by atoms with E-state index in [2.05, 4.69) is 4.98 Å². The third-order valence-corrected chi connectivity index (χ3v) is 4.21. The smallest absolute Gasteiger partial charge is 0.356 e. The topological polar surface area (TPSA) is 71.3 Å². The first-order valence-electron chi connectivity index (χ1n) is 9.15. The third-order valence-electron chi connectivity index (χ3n) is 4.21. The molecule has 1 fully saturated rings. The highest BCUT2D eigenvalue weighted by Crippen LogP contribution is 2.16. The first kappa shape index (κ1) is 18.8. The average Bonchev–Trinajstić information content (AvgIpc) is 3.06. The van der Waals surface area contributed by atoms with E-state index in [1.165, 1.54) is 6.20 Å². The molecule has 2 aromatic heterocycles. The number of imidazole rings is 1. The predicted molar refractivity (Wildman–Crippen MR) is 94.9 cm³/mol. The Kier molecular flexibility index (Phi) is 6.60. The van der Waals surface area contributed by atoms with Crippen LogP contribution >= 0.6 is 0 Å². The van der Waals surface area contributed by atoms with E-state index in [-0.39, 0.29) is 18.4 Å². The first-order valence-corrected chi connectivity index (χ1v) is 9.15. The lowest BCUT2D eigenvalue weighted by atomic mass is 10.2. The van der Waals surface area contributed by atoms with Gasteiger partial charge in [0.2, 0.25) is 0 Å². The third kappa shape index (κ3) is 4.81. The Morgan fingerprint density at radius 3 is 3.12 bits per heavy atom. The minimum absolute atomic E-state index is 0.0244. The number of rotatable bonds is 8. The fraction of sp³-hybridized carbons (Fsp3) is 0.579. The van der Waals surface area contributed by atoms with Crippen LogP contribution in [0.25, 0.3) is 5.65 Å². The molecule has 7 heteroatoms. The lowest BCUT2D eigenvalue weighted by molar-refractivity contribution is -0.194. The van der Waals surface area contributed by atoms with Crippen LogP contribution in [0.5, 0.6) is 0 Å². The molecular formula is C19H26N2O5. The van der Waals surface area contributed by atoms with Gasteiger partial charge in [0.05, 0.1) is 32.1 Å². The minimum atomic E-state index is -0.375. The zero-order valence-electron chi connectivity index (χ0n) is 15.3. The zero-order valence-corrected chi connectivity index (χ0v) is 15.3. The van der Waals surface area contributed by atoms with Crippen molar-refractivity contribution in [3.8, 4) is 0 Å². The van der Waals surface area contributed by atoms with Crippen LogP contribution in [0.3, 0.4) is 0 Å². The molecule has 2 unspecified atom stereocenters. The van der Waals surface area contributed by atoms with Crippen molar-refractivity contribution in [1.29, 1.82) is 0 Å². The van der Waals surface area contributed by atoms with Crippen LogP contribution in [0.15, 0.2) is 24.5 Å². The van der Waals surface area contributed by atoms with Crippen LogP contribution in [0.4, 0.5) is 0 Å². The first-order chi connectivity index (χ1) is 12.7. The van der Waals surface area contributed by atoms with Gasteiger partial charge < -0.3 is 18.9 Å². The molecule has 2 aromatic rings. The van der Waals surface area contributed by atoms with Gasteiger partial charge in [0.1, 0.15) is 5.65 Å². The molecule has 3 heterocycles. The Morgan fingerprint density at radius 2 is 2.35 bits per heavy atom. The van der Waals surface area contributed by atoms with Crippen LogP contribution < -0.4 is 0 Å². The summed E-state index contributed by atoms with van der Waals surface area (Å²) in [6.45, 7) is 5.83. The summed E-state index contributed by atoms with van der Waals surface area (Å²) in [5.41, 5.74) is 2.09. The van der Waals surface area contributed by atoms with Gasteiger partial charge in [-0.1, -0.05) is 0 Å². The maximum Gasteiger partial charge on any atom is 0.356 e. The lowest BCUT2D eigenvalue weighted by Crippen LogP contribution is -2.28. The number of carbonyl (C=O) groups excluding carboxylic acids is 1. The molecule has 0 aromatic carbocycles. The Morgan fingerprint density at radius 1 is 1.46 bits per heavy atom. The number of esters is 1. The molecule has 0 bridgehead atoms. The van der Waals surface area contributed by atoms with Gasteiger partial charge in [0, 0.05) is 12.8 Å². The van der Waals surface area contributed by atoms with Crippen molar-refractivity contribution in [1.82, 2.24) is 9.38 Å². The fourth-order valence-electron chi connectivity index (χ4n) is 2.93. The summed E-state index contributed by atoms with van der Waals surface area (Å²) in [6.07, 6.45) is 6.41. The van der Waals surface area contributed by atoms with Crippen LogP contribution in [-0.4, -0.2) is 47.6 Å². The quantitative estimate of drug-likeness (QED) is 0.673. The van der Waals surface area contributed by atoms with E-state index in [1.807, 2.05) is 25.3 Å². The maximum atomic E-state index is 11.9. The normalized spacial score (nSPS) is 18.8. The molecule has 142 valence electrons.